The lowest BCUT2D eigenvalue weighted by Gasteiger charge is -2.22. The maximum absolute atomic E-state index is 12.0. The van der Waals surface area contributed by atoms with Gasteiger partial charge in [0.15, 0.2) is 0 Å². The third-order valence-electron chi connectivity index (χ3n) is 2.68. The number of carbonyl (C=O) groups excluding carboxylic acids is 1. The summed E-state index contributed by atoms with van der Waals surface area (Å²) in [5.74, 6) is 1.08. The summed E-state index contributed by atoms with van der Waals surface area (Å²) < 4.78 is 10.2. The fourth-order valence-electron chi connectivity index (χ4n) is 1.65. The zero-order chi connectivity index (χ0) is 15.0. The summed E-state index contributed by atoms with van der Waals surface area (Å²) in [5, 5.41) is 20.5. The Morgan fingerprint density at radius 1 is 1.20 bits per heavy atom. The Labute approximate surface area is 117 Å². The average molecular weight is 284 g/mol. The van der Waals surface area contributed by atoms with Crippen molar-refractivity contribution in [1.29, 1.82) is 0 Å². The van der Waals surface area contributed by atoms with E-state index < -0.39 is 6.03 Å². The molecule has 0 saturated carbocycles. The van der Waals surface area contributed by atoms with Crippen LogP contribution in [0.25, 0.3) is 0 Å². The van der Waals surface area contributed by atoms with Crippen LogP contribution in [0.2, 0.25) is 0 Å². The molecule has 0 bridgehead atoms. The standard InChI is InChI=1S/C13H20N2O5/c1-19-10-3-4-11(12(9-10)20-2)14-13(18)15(5-7-16)6-8-17/h3-4,9,16-17H,5-8H2,1-2H3,(H,14,18). The summed E-state index contributed by atoms with van der Waals surface area (Å²) in [6, 6.07) is 4.58. The second-order valence-corrected chi connectivity index (χ2v) is 3.93. The van der Waals surface area contributed by atoms with E-state index in [2.05, 4.69) is 5.32 Å². The van der Waals surface area contributed by atoms with E-state index >= 15 is 0 Å². The number of aliphatic hydroxyl groups is 2. The predicted molar refractivity (Wildman–Crippen MR) is 74.3 cm³/mol. The molecule has 3 N–H and O–H groups in total. The van der Waals surface area contributed by atoms with Gasteiger partial charge in [0.25, 0.3) is 0 Å². The maximum atomic E-state index is 12.0. The second kappa shape index (κ2) is 8.23. The van der Waals surface area contributed by atoms with Crippen molar-refractivity contribution in [3.05, 3.63) is 18.2 Å². The molecule has 0 spiro atoms. The van der Waals surface area contributed by atoms with Crippen molar-refractivity contribution in [2.45, 2.75) is 0 Å². The highest BCUT2D eigenvalue weighted by Crippen LogP contribution is 2.29. The van der Waals surface area contributed by atoms with Gasteiger partial charge in [-0.25, -0.2) is 4.79 Å². The molecule has 0 saturated heterocycles. The number of anilines is 1. The Bertz CT molecular complexity index is 433. The summed E-state index contributed by atoms with van der Waals surface area (Å²) in [5.41, 5.74) is 0.485. The Balaban J connectivity index is 2.82. The van der Waals surface area contributed by atoms with Crippen LogP contribution in [0.1, 0.15) is 0 Å². The molecule has 1 aromatic rings. The van der Waals surface area contributed by atoms with Crippen LogP contribution in [0.15, 0.2) is 18.2 Å². The summed E-state index contributed by atoms with van der Waals surface area (Å²) in [6.45, 7) is -0.0595. The number of rotatable bonds is 7. The second-order valence-electron chi connectivity index (χ2n) is 3.93. The summed E-state index contributed by atoms with van der Waals surface area (Å²) in [6.07, 6.45) is 0. The molecule has 112 valence electrons. The highest BCUT2D eigenvalue weighted by Gasteiger charge is 2.15. The van der Waals surface area contributed by atoms with Crippen molar-refractivity contribution < 1.29 is 24.5 Å². The zero-order valence-electron chi connectivity index (χ0n) is 11.6. The molecule has 0 fully saturated rings. The fraction of sp³-hybridized carbons (Fsp3) is 0.462. The number of amides is 2. The molecule has 0 aliphatic rings. The van der Waals surface area contributed by atoms with Gasteiger partial charge in [-0.05, 0) is 12.1 Å². The number of nitrogens with one attached hydrogen (secondary N) is 1. The zero-order valence-corrected chi connectivity index (χ0v) is 11.6. The number of nitrogens with zero attached hydrogens (tertiary/aromatic N) is 1. The molecule has 7 heteroatoms. The summed E-state index contributed by atoms with van der Waals surface area (Å²) in [7, 11) is 3.03. The Morgan fingerprint density at radius 2 is 1.85 bits per heavy atom. The van der Waals surface area contributed by atoms with E-state index in [1.807, 2.05) is 0 Å². The summed E-state index contributed by atoms with van der Waals surface area (Å²) >= 11 is 0. The highest BCUT2D eigenvalue weighted by atomic mass is 16.5. The highest BCUT2D eigenvalue weighted by molar-refractivity contribution is 5.91. The number of hydrogen-bond acceptors (Lipinski definition) is 5. The molecule has 0 aliphatic heterocycles. The molecule has 20 heavy (non-hydrogen) atoms. The first kappa shape index (κ1) is 16.1. The van der Waals surface area contributed by atoms with Gasteiger partial charge in [-0.3, -0.25) is 0 Å². The van der Waals surface area contributed by atoms with Crippen LogP contribution in [0, 0.1) is 0 Å². The van der Waals surface area contributed by atoms with E-state index in [1.54, 1.807) is 18.2 Å². The van der Waals surface area contributed by atoms with E-state index in [9.17, 15) is 4.79 Å². The average Bonchev–Trinajstić information content (AvgIpc) is 2.47. The van der Waals surface area contributed by atoms with Crippen LogP contribution in [0.4, 0.5) is 10.5 Å². The molecule has 1 aromatic carbocycles. The Hall–Kier alpha value is -1.99. The number of hydrogen-bond donors (Lipinski definition) is 3. The number of methoxy groups -OCH3 is 2. The van der Waals surface area contributed by atoms with Crippen LogP contribution in [0.5, 0.6) is 11.5 Å². The van der Waals surface area contributed by atoms with Crippen LogP contribution >= 0.6 is 0 Å². The molecular weight excluding hydrogens is 264 g/mol. The van der Waals surface area contributed by atoms with Gasteiger partial charge in [-0.15, -0.1) is 0 Å². The van der Waals surface area contributed by atoms with E-state index in [-0.39, 0.29) is 26.3 Å². The fourth-order valence-corrected chi connectivity index (χ4v) is 1.65. The van der Waals surface area contributed by atoms with Crippen molar-refractivity contribution in [3.63, 3.8) is 0 Å². The molecular formula is C13H20N2O5. The Morgan fingerprint density at radius 3 is 2.35 bits per heavy atom. The van der Waals surface area contributed by atoms with Gasteiger partial charge in [-0.2, -0.15) is 0 Å². The lowest BCUT2D eigenvalue weighted by atomic mass is 10.2. The topological polar surface area (TPSA) is 91.3 Å². The maximum Gasteiger partial charge on any atom is 0.322 e. The molecule has 2 amide bonds. The monoisotopic (exact) mass is 284 g/mol. The number of aliphatic hydroxyl groups excluding tert-OH is 2. The number of benzene rings is 1. The van der Waals surface area contributed by atoms with Gasteiger partial charge >= 0.3 is 6.03 Å². The minimum Gasteiger partial charge on any atom is -0.497 e. The van der Waals surface area contributed by atoms with Gasteiger partial charge in [0.1, 0.15) is 11.5 Å². The van der Waals surface area contributed by atoms with Crippen LogP contribution < -0.4 is 14.8 Å². The third kappa shape index (κ3) is 4.29. The van der Waals surface area contributed by atoms with Gasteiger partial charge in [0.05, 0.1) is 33.1 Å². The van der Waals surface area contributed by atoms with E-state index in [0.29, 0.717) is 17.2 Å². The molecule has 0 heterocycles. The largest absolute Gasteiger partial charge is 0.497 e. The first-order valence-electron chi connectivity index (χ1n) is 6.16. The van der Waals surface area contributed by atoms with Gasteiger partial charge in [0.2, 0.25) is 0 Å². The molecule has 0 aliphatic carbocycles. The van der Waals surface area contributed by atoms with Crippen LogP contribution in [0.3, 0.4) is 0 Å². The quantitative estimate of drug-likeness (QED) is 0.679. The number of carbonyl (C=O) groups is 1. The van der Waals surface area contributed by atoms with Crippen LogP contribution in [-0.2, 0) is 0 Å². The van der Waals surface area contributed by atoms with Crippen molar-refractivity contribution in [2.75, 3.05) is 45.8 Å². The molecule has 7 nitrogen and oxygen atoms in total. The van der Waals surface area contributed by atoms with E-state index in [1.165, 1.54) is 19.1 Å². The molecule has 0 atom stereocenters. The van der Waals surface area contributed by atoms with Gasteiger partial charge in [0, 0.05) is 19.2 Å². The van der Waals surface area contributed by atoms with E-state index in [0.717, 1.165) is 0 Å². The number of urea groups is 1. The van der Waals surface area contributed by atoms with Crippen molar-refractivity contribution in [3.8, 4) is 11.5 Å². The molecule has 0 radical (unpaired) electrons. The minimum atomic E-state index is -0.420. The lowest BCUT2D eigenvalue weighted by Crippen LogP contribution is -2.39. The van der Waals surface area contributed by atoms with E-state index in [4.69, 9.17) is 19.7 Å². The Kier molecular flexibility index (Phi) is 6.61. The minimum absolute atomic E-state index is 0.144. The SMILES string of the molecule is COc1ccc(NC(=O)N(CCO)CCO)c(OC)c1. The van der Waals surface area contributed by atoms with Crippen LogP contribution in [-0.4, -0.2) is 61.7 Å². The van der Waals surface area contributed by atoms with Crippen molar-refractivity contribution in [2.24, 2.45) is 0 Å². The molecule has 1 rings (SSSR count). The first-order chi connectivity index (χ1) is 9.65. The smallest absolute Gasteiger partial charge is 0.322 e. The normalized spacial score (nSPS) is 10.0. The molecule has 0 aromatic heterocycles. The van der Waals surface area contributed by atoms with Gasteiger partial charge < -0.3 is 29.9 Å². The first-order valence-corrected chi connectivity index (χ1v) is 6.16. The predicted octanol–water partition coefficient (Wildman–Crippen LogP) is 0.522. The third-order valence-corrected chi connectivity index (χ3v) is 2.68. The lowest BCUT2D eigenvalue weighted by molar-refractivity contribution is 0.167. The van der Waals surface area contributed by atoms with Gasteiger partial charge in [-0.1, -0.05) is 0 Å². The molecule has 0 unspecified atom stereocenters. The van der Waals surface area contributed by atoms with Crippen molar-refractivity contribution in [1.82, 2.24) is 4.90 Å². The van der Waals surface area contributed by atoms with Crippen molar-refractivity contribution >= 4 is 11.7 Å². The number of ether oxygens (including phenoxy) is 2. The summed E-state index contributed by atoms with van der Waals surface area (Å²) in [4.78, 5) is 13.3.